The van der Waals surface area contributed by atoms with Crippen molar-refractivity contribution < 1.29 is 42.7 Å². The minimum Gasteiger partial charge on any atom is -0.480 e. The van der Waals surface area contributed by atoms with E-state index in [1.54, 1.807) is 0 Å². The van der Waals surface area contributed by atoms with Crippen LogP contribution in [0.2, 0.25) is 0 Å². The van der Waals surface area contributed by atoms with Gasteiger partial charge in [-0.15, -0.1) is 0 Å². The van der Waals surface area contributed by atoms with Crippen LogP contribution in [0.25, 0.3) is 0 Å². The van der Waals surface area contributed by atoms with E-state index in [0.717, 1.165) is 38.5 Å². The van der Waals surface area contributed by atoms with Crippen molar-refractivity contribution in [2.75, 3.05) is 26.4 Å². The maximum Gasteiger partial charge on any atom is 0.472 e. The number of carbonyl (C=O) groups is 2. The zero-order valence-electron chi connectivity index (χ0n) is 37.9. The van der Waals surface area contributed by atoms with Crippen molar-refractivity contribution in [3.05, 3.63) is 0 Å². The molecule has 0 fully saturated rings. The summed E-state index contributed by atoms with van der Waals surface area (Å²) in [6, 6.07) is -1.47. The molecule has 0 bridgehead atoms. The molecule has 10 nitrogen and oxygen atoms in total. The van der Waals surface area contributed by atoms with Gasteiger partial charge in [-0.05, 0) is 12.8 Å². The Morgan fingerprint density at radius 1 is 0.483 bits per heavy atom. The Kier molecular flexibility index (Phi) is 43.3. The van der Waals surface area contributed by atoms with Gasteiger partial charge in [0.05, 0.1) is 19.8 Å². The van der Waals surface area contributed by atoms with Crippen molar-refractivity contribution in [1.29, 1.82) is 0 Å². The summed E-state index contributed by atoms with van der Waals surface area (Å²) in [5, 5.41) is 8.91. The van der Waals surface area contributed by atoms with Gasteiger partial charge in [0.1, 0.15) is 12.1 Å². The van der Waals surface area contributed by atoms with E-state index in [0.29, 0.717) is 6.61 Å². The third-order valence-electron chi connectivity index (χ3n) is 11.1. The maximum absolute atomic E-state index is 12.7. The lowest BCUT2D eigenvalue weighted by Gasteiger charge is -2.20. The summed E-state index contributed by atoms with van der Waals surface area (Å²) in [7, 11) is -4.61. The van der Waals surface area contributed by atoms with Crippen LogP contribution >= 0.6 is 7.82 Å². The van der Waals surface area contributed by atoms with Crippen molar-refractivity contribution >= 4 is 19.8 Å². The highest BCUT2D eigenvalue weighted by Gasteiger charge is 2.27. The molecule has 0 saturated heterocycles. The fourth-order valence-electron chi connectivity index (χ4n) is 7.31. The van der Waals surface area contributed by atoms with Gasteiger partial charge in [-0.3, -0.25) is 18.6 Å². The van der Waals surface area contributed by atoms with Gasteiger partial charge in [0.15, 0.2) is 0 Å². The molecule has 346 valence electrons. The molecule has 0 amide bonds. The van der Waals surface area contributed by atoms with Gasteiger partial charge in [0.25, 0.3) is 0 Å². The van der Waals surface area contributed by atoms with E-state index in [4.69, 9.17) is 29.4 Å². The molecule has 0 aromatic carbocycles. The van der Waals surface area contributed by atoms with Gasteiger partial charge < -0.3 is 25.2 Å². The van der Waals surface area contributed by atoms with E-state index in [-0.39, 0.29) is 13.0 Å². The number of hydrogen-bond acceptors (Lipinski definition) is 8. The van der Waals surface area contributed by atoms with Gasteiger partial charge in [-0.25, -0.2) is 4.57 Å². The van der Waals surface area contributed by atoms with Crippen molar-refractivity contribution in [3.63, 3.8) is 0 Å². The first-order valence-electron chi connectivity index (χ1n) is 24.6. The third-order valence-corrected chi connectivity index (χ3v) is 12.1. The predicted molar refractivity (Wildman–Crippen MR) is 240 cm³/mol. The number of hydrogen-bond donors (Lipinski definition) is 3. The molecule has 0 aliphatic rings. The number of phosphoric acid groups is 1. The summed E-state index contributed by atoms with van der Waals surface area (Å²) in [4.78, 5) is 33.6. The van der Waals surface area contributed by atoms with E-state index in [1.165, 1.54) is 193 Å². The Labute approximate surface area is 357 Å². The molecule has 0 saturated carbocycles. The van der Waals surface area contributed by atoms with Gasteiger partial charge in [-0.2, -0.15) is 0 Å². The highest BCUT2D eigenvalue weighted by atomic mass is 31.2. The maximum atomic E-state index is 12.7. The van der Waals surface area contributed by atoms with Crippen LogP contribution in [0.15, 0.2) is 0 Å². The van der Waals surface area contributed by atoms with E-state index in [1.807, 2.05) is 0 Å². The molecule has 3 unspecified atom stereocenters. The second-order valence-electron chi connectivity index (χ2n) is 17.0. The molecule has 0 aromatic heterocycles. The third kappa shape index (κ3) is 43.1. The number of carboxylic acid groups (broad SMARTS) is 1. The Morgan fingerprint density at radius 3 is 1.14 bits per heavy atom. The van der Waals surface area contributed by atoms with Gasteiger partial charge >= 0.3 is 19.8 Å². The van der Waals surface area contributed by atoms with Crippen LogP contribution in [-0.2, 0) is 32.7 Å². The fraction of sp³-hybridized carbons (Fsp3) is 0.957. The number of unbranched alkanes of at least 4 members (excludes halogenated alkanes) is 34. The lowest BCUT2D eigenvalue weighted by molar-refractivity contribution is -0.154. The number of esters is 1. The van der Waals surface area contributed by atoms with Gasteiger partial charge in [0, 0.05) is 13.0 Å². The molecule has 0 rings (SSSR count). The van der Waals surface area contributed by atoms with Gasteiger partial charge in [-0.1, -0.05) is 232 Å². The molecule has 0 radical (unpaired) electrons. The zero-order chi connectivity index (χ0) is 42.6. The number of aliphatic carboxylic acids is 1. The second kappa shape index (κ2) is 44.0. The van der Waals surface area contributed by atoms with Crippen LogP contribution < -0.4 is 5.73 Å². The summed E-state index contributed by atoms with van der Waals surface area (Å²) >= 11 is 0. The molecule has 3 atom stereocenters. The van der Waals surface area contributed by atoms with E-state index in [2.05, 4.69) is 13.8 Å². The number of carbonyl (C=O) groups excluding carboxylic acids is 1. The lowest BCUT2D eigenvalue weighted by atomic mass is 10.0. The molecular weight excluding hydrogens is 753 g/mol. The standard InChI is InChI=1S/C47H94NO9P/c1-3-5-7-9-11-13-15-17-19-21-22-23-24-25-27-29-31-33-35-37-39-46(49)57-44(42-55-58(52,53)56-43-45(48)47(50)51)41-54-40-38-36-34-32-30-28-26-20-18-16-14-12-10-8-6-4-2/h44-45H,3-43,48H2,1-2H3,(H,50,51)(H,52,53). The largest absolute Gasteiger partial charge is 0.480 e. The molecule has 4 N–H and O–H groups in total. The summed E-state index contributed by atoms with van der Waals surface area (Å²) in [6.45, 7) is 3.95. The summed E-state index contributed by atoms with van der Waals surface area (Å²) < 4.78 is 33.5. The molecule has 58 heavy (non-hydrogen) atoms. The quantitative estimate of drug-likeness (QED) is 0.0306. The molecule has 0 heterocycles. The number of phosphoric ester groups is 1. The van der Waals surface area contributed by atoms with E-state index < -0.39 is 45.1 Å². The number of carboxylic acids is 1. The Balaban J connectivity index is 4.10. The van der Waals surface area contributed by atoms with Crippen LogP contribution in [0.4, 0.5) is 0 Å². The van der Waals surface area contributed by atoms with Crippen molar-refractivity contribution in [1.82, 2.24) is 0 Å². The van der Waals surface area contributed by atoms with E-state index in [9.17, 15) is 19.0 Å². The number of rotatable bonds is 48. The SMILES string of the molecule is CCCCCCCCCCCCCCCCCCCCCCC(=O)OC(COCCCCCCCCCCCCCCCCCC)COP(=O)(O)OCC(N)C(=O)O. The second-order valence-corrected chi connectivity index (χ2v) is 18.4. The van der Waals surface area contributed by atoms with Crippen LogP contribution in [-0.4, -0.2) is 60.5 Å². The fourth-order valence-corrected chi connectivity index (χ4v) is 8.09. The minimum absolute atomic E-state index is 0.0262. The molecular formula is C47H94NO9P. The van der Waals surface area contributed by atoms with Crippen LogP contribution in [0.1, 0.15) is 251 Å². The van der Waals surface area contributed by atoms with Crippen molar-refractivity contribution in [2.45, 2.75) is 264 Å². The predicted octanol–water partition coefficient (Wildman–Crippen LogP) is 13.9. The number of nitrogens with two attached hydrogens (primary N) is 1. The van der Waals surface area contributed by atoms with E-state index >= 15 is 0 Å². The number of ether oxygens (including phenoxy) is 2. The summed E-state index contributed by atoms with van der Waals surface area (Å²) in [5.41, 5.74) is 5.37. The zero-order valence-corrected chi connectivity index (χ0v) is 38.8. The van der Waals surface area contributed by atoms with Crippen molar-refractivity contribution in [2.24, 2.45) is 5.73 Å². The van der Waals surface area contributed by atoms with Crippen molar-refractivity contribution in [3.8, 4) is 0 Å². The highest BCUT2D eigenvalue weighted by molar-refractivity contribution is 7.47. The first-order chi connectivity index (χ1) is 28.2. The average Bonchev–Trinajstić information content (AvgIpc) is 3.20. The van der Waals surface area contributed by atoms with Crippen LogP contribution in [0.3, 0.4) is 0 Å². The first kappa shape index (κ1) is 57.0. The first-order valence-corrected chi connectivity index (χ1v) is 26.1. The smallest absolute Gasteiger partial charge is 0.472 e. The minimum atomic E-state index is -4.61. The van der Waals surface area contributed by atoms with Gasteiger partial charge in [0.2, 0.25) is 0 Å². The Bertz CT molecular complexity index is 940. The van der Waals surface area contributed by atoms with Crippen LogP contribution in [0, 0.1) is 0 Å². The molecule has 0 aliphatic carbocycles. The highest BCUT2D eigenvalue weighted by Crippen LogP contribution is 2.43. The van der Waals surface area contributed by atoms with Crippen LogP contribution in [0.5, 0.6) is 0 Å². The Morgan fingerprint density at radius 2 is 0.793 bits per heavy atom. The Hall–Kier alpha value is -1.03. The lowest BCUT2D eigenvalue weighted by Crippen LogP contribution is -2.34. The topological polar surface area (TPSA) is 155 Å². The normalized spacial score (nSPS) is 13.7. The summed E-state index contributed by atoms with van der Waals surface area (Å²) in [5.74, 6) is -1.76. The average molecular weight is 848 g/mol. The molecule has 0 spiro atoms. The molecule has 11 heteroatoms. The monoisotopic (exact) mass is 848 g/mol. The molecule has 0 aromatic rings. The molecule has 0 aliphatic heterocycles. The summed E-state index contributed by atoms with van der Waals surface area (Å²) in [6.07, 6.45) is 45.8.